The number of rotatable bonds is 8. The number of thioether (sulfide) groups is 1. The molecule has 0 radical (unpaired) electrons. The fourth-order valence-corrected chi connectivity index (χ4v) is 3.60. The van der Waals surface area contributed by atoms with E-state index in [9.17, 15) is 18.0 Å². The molecule has 3 aromatic rings. The topological polar surface area (TPSA) is 51.2 Å². The number of hydrogen-bond acceptors (Lipinski definition) is 5. The van der Waals surface area contributed by atoms with Gasteiger partial charge in [0.15, 0.2) is 0 Å². The number of amides is 1. The van der Waals surface area contributed by atoms with Gasteiger partial charge in [0.25, 0.3) is 5.76 Å². The van der Waals surface area contributed by atoms with Crippen LogP contribution in [0.5, 0.6) is 5.75 Å². The van der Waals surface area contributed by atoms with E-state index in [1.54, 1.807) is 23.6 Å². The summed E-state index contributed by atoms with van der Waals surface area (Å²) in [6, 6.07) is 12.0. The van der Waals surface area contributed by atoms with Gasteiger partial charge in [-0.1, -0.05) is 23.9 Å². The van der Waals surface area contributed by atoms with Gasteiger partial charge in [0.1, 0.15) is 23.2 Å². The Labute approximate surface area is 167 Å². The van der Waals surface area contributed by atoms with E-state index in [0.717, 1.165) is 0 Å². The Bertz CT molecular complexity index is 933. The van der Waals surface area contributed by atoms with E-state index in [1.807, 2.05) is 0 Å². The van der Waals surface area contributed by atoms with Crippen molar-refractivity contribution in [1.29, 1.82) is 0 Å². The summed E-state index contributed by atoms with van der Waals surface area (Å²) in [5.74, 6) is -2.74. The highest BCUT2D eigenvalue weighted by atomic mass is 32.2. The maximum Gasteiger partial charge on any atom is 0.288 e. The lowest BCUT2D eigenvalue weighted by Crippen LogP contribution is -2.15. The Morgan fingerprint density at radius 1 is 1.18 bits per heavy atom. The van der Waals surface area contributed by atoms with Crippen molar-refractivity contribution in [3.05, 3.63) is 70.4 Å². The number of ether oxygens (including phenoxy) is 1. The SMILES string of the molecule is O=C(Cc1csc(COc2ccc(F)cc2)n1)Nc1ccccc1SC(F)F. The van der Waals surface area contributed by atoms with Crippen molar-refractivity contribution in [3.8, 4) is 5.75 Å². The number of thiazole rings is 1. The third kappa shape index (κ3) is 6.00. The molecular formula is C19H15F3N2O2S2. The molecule has 4 nitrogen and oxygen atoms in total. The first-order valence-electron chi connectivity index (χ1n) is 8.15. The van der Waals surface area contributed by atoms with E-state index < -0.39 is 5.76 Å². The molecule has 0 atom stereocenters. The van der Waals surface area contributed by atoms with E-state index in [4.69, 9.17) is 4.74 Å². The van der Waals surface area contributed by atoms with Crippen molar-refractivity contribution in [1.82, 2.24) is 4.98 Å². The third-order valence-electron chi connectivity index (χ3n) is 3.49. The first kappa shape index (κ1) is 20.2. The fourth-order valence-electron chi connectivity index (χ4n) is 2.30. The molecule has 0 bridgehead atoms. The van der Waals surface area contributed by atoms with Crippen molar-refractivity contribution >= 4 is 34.7 Å². The Hall–Kier alpha value is -2.52. The molecule has 0 spiro atoms. The highest BCUT2D eigenvalue weighted by Crippen LogP contribution is 2.31. The summed E-state index contributed by atoms with van der Waals surface area (Å²) >= 11 is 1.72. The Balaban J connectivity index is 1.55. The highest BCUT2D eigenvalue weighted by Gasteiger charge is 2.13. The lowest BCUT2D eigenvalue weighted by atomic mass is 10.3. The third-order valence-corrected chi connectivity index (χ3v) is 5.15. The van der Waals surface area contributed by atoms with Gasteiger partial charge in [-0.2, -0.15) is 8.78 Å². The molecule has 1 amide bonds. The standard InChI is InChI=1S/C19H15F3N2O2S2/c20-12-5-7-14(8-6-12)26-10-18-23-13(11-27-18)9-17(25)24-15-3-1-2-4-16(15)28-19(21)22/h1-8,11,19H,9-10H2,(H,24,25). The van der Waals surface area contributed by atoms with Gasteiger partial charge < -0.3 is 10.1 Å². The second-order valence-corrected chi connectivity index (χ2v) is 7.55. The average molecular weight is 424 g/mol. The summed E-state index contributed by atoms with van der Waals surface area (Å²) < 4.78 is 43.6. The number of para-hydroxylation sites is 1. The van der Waals surface area contributed by atoms with Crippen molar-refractivity contribution in [2.45, 2.75) is 23.7 Å². The first-order chi connectivity index (χ1) is 13.5. The van der Waals surface area contributed by atoms with E-state index in [-0.39, 0.29) is 24.8 Å². The number of halogens is 3. The molecule has 0 aliphatic rings. The summed E-state index contributed by atoms with van der Waals surface area (Å²) in [6.45, 7) is 0.200. The minimum Gasteiger partial charge on any atom is -0.486 e. The highest BCUT2D eigenvalue weighted by molar-refractivity contribution is 7.99. The fraction of sp³-hybridized carbons (Fsp3) is 0.158. The molecule has 0 saturated heterocycles. The largest absolute Gasteiger partial charge is 0.486 e. The average Bonchev–Trinajstić information content (AvgIpc) is 3.10. The normalized spacial score (nSPS) is 10.9. The molecule has 28 heavy (non-hydrogen) atoms. The summed E-state index contributed by atoms with van der Waals surface area (Å²) in [7, 11) is 0. The van der Waals surface area contributed by atoms with Crippen LogP contribution < -0.4 is 10.1 Å². The minimum absolute atomic E-state index is 0.0146. The molecule has 2 aromatic carbocycles. The van der Waals surface area contributed by atoms with Gasteiger partial charge in [-0.15, -0.1) is 11.3 Å². The molecule has 0 fully saturated rings. The van der Waals surface area contributed by atoms with E-state index in [0.29, 0.717) is 38.8 Å². The lowest BCUT2D eigenvalue weighted by Gasteiger charge is -2.09. The Kier molecular flexibility index (Phi) is 6.94. The number of nitrogens with one attached hydrogen (secondary N) is 1. The molecule has 3 rings (SSSR count). The number of nitrogens with zero attached hydrogens (tertiary/aromatic N) is 1. The van der Waals surface area contributed by atoms with Crippen LogP contribution in [0.2, 0.25) is 0 Å². The molecule has 146 valence electrons. The summed E-state index contributed by atoms with van der Waals surface area (Å²) in [4.78, 5) is 16.9. The van der Waals surface area contributed by atoms with Crippen LogP contribution in [-0.2, 0) is 17.8 Å². The Morgan fingerprint density at radius 2 is 1.93 bits per heavy atom. The quantitative estimate of drug-likeness (QED) is 0.495. The zero-order chi connectivity index (χ0) is 19.9. The molecule has 0 unspecified atom stereocenters. The zero-order valence-corrected chi connectivity index (χ0v) is 16.0. The van der Waals surface area contributed by atoms with Gasteiger partial charge in [0, 0.05) is 10.3 Å². The van der Waals surface area contributed by atoms with Gasteiger partial charge in [-0.25, -0.2) is 9.37 Å². The molecular weight excluding hydrogens is 409 g/mol. The van der Waals surface area contributed by atoms with Gasteiger partial charge in [0.2, 0.25) is 5.91 Å². The molecule has 1 heterocycles. The van der Waals surface area contributed by atoms with Crippen molar-refractivity contribution in [3.63, 3.8) is 0 Å². The van der Waals surface area contributed by atoms with E-state index in [2.05, 4.69) is 10.3 Å². The van der Waals surface area contributed by atoms with Crippen LogP contribution >= 0.6 is 23.1 Å². The smallest absolute Gasteiger partial charge is 0.288 e. The van der Waals surface area contributed by atoms with Crippen LogP contribution in [0.4, 0.5) is 18.9 Å². The van der Waals surface area contributed by atoms with E-state index >= 15 is 0 Å². The monoisotopic (exact) mass is 424 g/mol. The predicted molar refractivity (Wildman–Crippen MR) is 103 cm³/mol. The number of alkyl halides is 2. The number of carbonyl (C=O) groups excluding carboxylic acids is 1. The molecule has 1 aromatic heterocycles. The van der Waals surface area contributed by atoms with Crippen LogP contribution in [0.15, 0.2) is 58.8 Å². The number of aromatic nitrogens is 1. The molecule has 0 saturated carbocycles. The number of anilines is 1. The maximum absolute atomic E-state index is 12.9. The van der Waals surface area contributed by atoms with Gasteiger partial charge >= 0.3 is 0 Å². The molecule has 9 heteroatoms. The molecule has 0 aliphatic heterocycles. The van der Waals surface area contributed by atoms with E-state index in [1.165, 1.54) is 41.7 Å². The van der Waals surface area contributed by atoms with Crippen LogP contribution in [0, 0.1) is 5.82 Å². The van der Waals surface area contributed by atoms with Gasteiger partial charge in [-0.3, -0.25) is 4.79 Å². The lowest BCUT2D eigenvalue weighted by molar-refractivity contribution is -0.115. The minimum atomic E-state index is -2.57. The first-order valence-corrected chi connectivity index (χ1v) is 9.91. The van der Waals surface area contributed by atoms with Crippen LogP contribution in [0.3, 0.4) is 0 Å². The summed E-state index contributed by atoms with van der Waals surface area (Å²) in [6.07, 6.45) is 0.0146. The van der Waals surface area contributed by atoms with Crippen molar-refractivity contribution < 1.29 is 22.7 Å². The molecule has 1 N–H and O–H groups in total. The van der Waals surface area contributed by atoms with Gasteiger partial charge in [0.05, 0.1) is 17.8 Å². The van der Waals surface area contributed by atoms with Crippen LogP contribution in [0.25, 0.3) is 0 Å². The zero-order valence-electron chi connectivity index (χ0n) is 14.4. The van der Waals surface area contributed by atoms with Crippen LogP contribution in [0.1, 0.15) is 10.7 Å². The van der Waals surface area contributed by atoms with Gasteiger partial charge in [-0.05, 0) is 36.4 Å². The van der Waals surface area contributed by atoms with Crippen molar-refractivity contribution in [2.75, 3.05) is 5.32 Å². The molecule has 0 aliphatic carbocycles. The second kappa shape index (κ2) is 9.61. The predicted octanol–water partition coefficient (Wildman–Crippen LogP) is 5.36. The van der Waals surface area contributed by atoms with Crippen molar-refractivity contribution in [2.24, 2.45) is 0 Å². The number of carbonyl (C=O) groups is 1. The van der Waals surface area contributed by atoms with Crippen LogP contribution in [-0.4, -0.2) is 16.6 Å². The second-order valence-electron chi connectivity index (χ2n) is 5.57. The number of hydrogen-bond donors (Lipinski definition) is 1. The summed E-state index contributed by atoms with van der Waals surface area (Å²) in [5, 5.41) is 5.05. The number of benzene rings is 2. The Morgan fingerprint density at radius 3 is 2.68 bits per heavy atom. The maximum atomic E-state index is 12.9. The summed E-state index contributed by atoms with van der Waals surface area (Å²) in [5.41, 5.74) is 0.895.